The first-order valence-corrected chi connectivity index (χ1v) is 13.3. The predicted molar refractivity (Wildman–Crippen MR) is 151 cm³/mol. The molecule has 8 heteroatoms. The maximum absolute atomic E-state index is 13.4. The van der Waals surface area contributed by atoms with Gasteiger partial charge in [0.15, 0.2) is 11.5 Å². The number of hydrogen-bond acceptors (Lipinski definition) is 7. The standard InChI is InChI=1S/C32H35NO7/c1-4-17-39-25-13-8-12-24(19-25)30(34)28-29(33(16-9-18-37-2)32(36)31(28)35)23-14-15-26(27(20-23)38-3)40-21-22-10-6-5-7-11-22/h5-8,10-15,19-20,29,34H,4,9,16-18,21H2,1-3H3. The largest absolute Gasteiger partial charge is 0.507 e. The van der Waals surface area contributed by atoms with Gasteiger partial charge in [-0.3, -0.25) is 9.59 Å². The van der Waals surface area contributed by atoms with Gasteiger partial charge in [0.2, 0.25) is 0 Å². The number of Topliss-reactive ketones (excluding diaryl/α,β-unsaturated/α-hetero) is 1. The summed E-state index contributed by atoms with van der Waals surface area (Å²) >= 11 is 0. The second-order valence-corrected chi connectivity index (χ2v) is 9.40. The number of nitrogens with zero attached hydrogens (tertiary/aromatic N) is 1. The van der Waals surface area contributed by atoms with Crippen LogP contribution < -0.4 is 14.2 Å². The van der Waals surface area contributed by atoms with Crippen molar-refractivity contribution in [3.8, 4) is 17.2 Å². The lowest BCUT2D eigenvalue weighted by Gasteiger charge is -2.26. The maximum atomic E-state index is 13.4. The van der Waals surface area contributed by atoms with Gasteiger partial charge in [0, 0.05) is 25.8 Å². The van der Waals surface area contributed by atoms with Crippen LogP contribution in [0.2, 0.25) is 0 Å². The molecule has 0 bridgehead atoms. The third kappa shape index (κ3) is 6.46. The predicted octanol–water partition coefficient (Wildman–Crippen LogP) is 5.52. The molecule has 1 saturated heterocycles. The van der Waals surface area contributed by atoms with Crippen LogP contribution in [0.4, 0.5) is 0 Å². The van der Waals surface area contributed by atoms with Gasteiger partial charge in [-0.15, -0.1) is 0 Å². The van der Waals surface area contributed by atoms with E-state index in [0.717, 1.165) is 12.0 Å². The van der Waals surface area contributed by atoms with Crippen LogP contribution >= 0.6 is 0 Å². The first kappa shape index (κ1) is 28.7. The van der Waals surface area contributed by atoms with Crippen molar-refractivity contribution in [3.05, 3.63) is 95.1 Å². The van der Waals surface area contributed by atoms with Crippen LogP contribution in [0.3, 0.4) is 0 Å². The number of ketones is 1. The van der Waals surface area contributed by atoms with E-state index in [1.807, 2.05) is 37.3 Å². The summed E-state index contributed by atoms with van der Waals surface area (Å²) in [5.41, 5.74) is 2.02. The number of likely N-dealkylation sites (tertiary alicyclic amines) is 1. The number of carbonyl (C=O) groups excluding carboxylic acids is 2. The van der Waals surface area contributed by atoms with Crippen LogP contribution in [-0.4, -0.2) is 55.7 Å². The molecule has 3 aromatic carbocycles. The molecule has 0 radical (unpaired) electrons. The molecule has 1 atom stereocenters. The van der Waals surface area contributed by atoms with Gasteiger partial charge >= 0.3 is 0 Å². The van der Waals surface area contributed by atoms with E-state index >= 15 is 0 Å². The van der Waals surface area contributed by atoms with E-state index in [4.69, 9.17) is 18.9 Å². The van der Waals surface area contributed by atoms with Crippen LogP contribution in [0.25, 0.3) is 5.76 Å². The molecule has 1 N–H and O–H groups in total. The third-order valence-corrected chi connectivity index (χ3v) is 6.61. The fraction of sp³-hybridized carbons (Fsp3) is 0.312. The average Bonchev–Trinajstić information content (AvgIpc) is 3.24. The Balaban J connectivity index is 1.74. The Kier molecular flexibility index (Phi) is 9.81. The molecule has 4 rings (SSSR count). The average molecular weight is 546 g/mol. The van der Waals surface area contributed by atoms with Gasteiger partial charge in [-0.25, -0.2) is 0 Å². The van der Waals surface area contributed by atoms with Gasteiger partial charge in [0.1, 0.15) is 18.1 Å². The van der Waals surface area contributed by atoms with Crippen LogP contribution in [0.1, 0.15) is 42.5 Å². The van der Waals surface area contributed by atoms with Gasteiger partial charge in [-0.2, -0.15) is 0 Å². The Labute approximate surface area is 234 Å². The molecule has 3 aromatic rings. The molecule has 1 aliphatic heterocycles. The first-order chi connectivity index (χ1) is 19.5. The van der Waals surface area contributed by atoms with E-state index in [9.17, 15) is 14.7 Å². The molecule has 8 nitrogen and oxygen atoms in total. The molecule has 1 unspecified atom stereocenters. The molecule has 1 amide bonds. The lowest BCUT2D eigenvalue weighted by atomic mass is 9.95. The molecule has 0 aliphatic carbocycles. The molecule has 1 aliphatic rings. The molecular weight excluding hydrogens is 510 g/mol. The second-order valence-electron chi connectivity index (χ2n) is 9.40. The van der Waals surface area contributed by atoms with E-state index in [0.29, 0.717) is 54.6 Å². The highest BCUT2D eigenvalue weighted by atomic mass is 16.5. The van der Waals surface area contributed by atoms with Gasteiger partial charge in [-0.05, 0) is 48.2 Å². The highest BCUT2D eigenvalue weighted by Crippen LogP contribution is 2.42. The Bertz CT molecular complexity index is 1350. The number of carbonyl (C=O) groups is 2. The molecule has 210 valence electrons. The SMILES string of the molecule is CCCOc1cccc(C(O)=C2C(=O)C(=O)N(CCCOC)C2c2ccc(OCc3ccccc3)c(OC)c2)c1. The number of aliphatic hydroxyl groups excluding tert-OH is 1. The van der Waals surface area contributed by atoms with Crippen molar-refractivity contribution in [1.82, 2.24) is 4.90 Å². The molecular formula is C32H35NO7. The van der Waals surface area contributed by atoms with Gasteiger partial charge in [0.05, 0.1) is 25.3 Å². The van der Waals surface area contributed by atoms with Gasteiger partial charge in [0.25, 0.3) is 11.7 Å². The summed E-state index contributed by atoms with van der Waals surface area (Å²) in [5.74, 6) is -0.146. The van der Waals surface area contributed by atoms with Crippen molar-refractivity contribution < 1.29 is 33.6 Å². The summed E-state index contributed by atoms with van der Waals surface area (Å²) in [5, 5.41) is 11.4. The fourth-order valence-electron chi connectivity index (χ4n) is 4.65. The van der Waals surface area contributed by atoms with Crippen molar-refractivity contribution in [2.75, 3.05) is 34.0 Å². The summed E-state index contributed by atoms with van der Waals surface area (Å²) in [6, 6.07) is 21.1. The molecule has 1 fully saturated rings. The van der Waals surface area contributed by atoms with Crippen molar-refractivity contribution in [2.24, 2.45) is 0 Å². The fourth-order valence-corrected chi connectivity index (χ4v) is 4.65. The summed E-state index contributed by atoms with van der Waals surface area (Å²) in [6.07, 6.45) is 1.35. The second kappa shape index (κ2) is 13.7. The number of ether oxygens (including phenoxy) is 4. The highest BCUT2D eigenvalue weighted by Gasteiger charge is 2.46. The summed E-state index contributed by atoms with van der Waals surface area (Å²) in [6.45, 7) is 3.56. The number of hydrogen-bond donors (Lipinski definition) is 1. The quantitative estimate of drug-likeness (QED) is 0.131. The Hall–Kier alpha value is -4.30. The van der Waals surface area contributed by atoms with Crippen LogP contribution in [-0.2, 0) is 20.9 Å². The van der Waals surface area contributed by atoms with Crippen molar-refractivity contribution in [2.45, 2.75) is 32.4 Å². The lowest BCUT2D eigenvalue weighted by molar-refractivity contribution is -0.140. The monoisotopic (exact) mass is 545 g/mol. The van der Waals surface area contributed by atoms with Gasteiger partial charge in [-0.1, -0.05) is 55.5 Å². The van der Waals surface area contributed by atoms with E-state index in [2.05, 4.69) is 0 Å². The number of methoxy groups -OCH3 is 2. The zero-order valence-electron chi connectivity index (χ0n) is 23.1. The minimum atomic E-state index is -0.825. The lowest BCUT2D eigenvalue weighted by Crippen LogP contribution is -2.31. The normalized spacial score (nSPS) is 16.3. The molecule has 0 aromatic heterocycles. The van der Waals surface area contributed by atoms with Gasteiger partial charge < -0.3 is 29.0 Å². The zero-order chi connectivity index (χ0) is 28.5. The minimum absolute atomic E-state index is 0.00932. The van der Waals surface area contributed by atoms with Crippen LogP contribution in [0.5, 0.6) is 17.2 Å². The summed E-state index contributed by atoms with van der Waals surface area (Å²) in [4.78, 5) is 28.1. The summed E-state index contributed by atoms with van der Waals surface area (Å²) in [7, 11) is 3.12. The molecule has 40 heavy (non-hydrogen) atoms. The smallest absolute Gasteiger partial charge is 0.295 e. The molecule has 0 spiro atoms. The molecule has 0 saturated carbocycles. The highest BCUT2D eigenvalue weighted by molar-refractivity contribution is 6.46. The van der Waals surface area contributed by atoms with E-state index in [1.54, 1.807) is 49.6 Å². The minimum Gasteiger partial charge on any atom is -0.507 e. The topological polar surface area (TPSA) is 94.5 Å². The summed E-state index contributed by atoms with van der Waals surface area (Å²) < 4.78 is 22.5. The van der Waals surface area contributed by atoms with Crippen LogP contribution in [0, 0.1) is 0 Å². The molecule has 1 heterocycles. The van der Waals surface area contributed by atoms with E-state index in [-0.39, 0.29) is 17.9 Å². The zero-order valence-corrected chi connectivity index (χ0v) is 23.1. The number of amides is 1. The van der Waals surface area contributed by atoms with E-state index < -0.39 is 17.7 Å². The Morgan fingerprint density at radius 1 is 0.900 bits per heavy atom. The number of rotatable bonds is 13. The Morgan fingerprint density at radius 3 is 2.42 bits per heavy atom. The Morgan fingerprint density at radius 2 is 1.70 bits per heavy atom. The number of benzene rings is 3. The number of aliphatic hydroxyl groups is 1. The first-order valence-electron chi connectivity index (χ1n) is 13.3. The van der Waals surface area contributed by atoms with E-state index in [1.165, 1.54) is 12.0 Å². The maximum Gasteiger partial charge on any atom is 0.295 e. The van der Waals surface area contributed by atoms with Crippen LogP contribution in [0.15, 0.2) is 78.4 Å². The van der Waals surface area contributed by atoms with Crippen molar-refractivity contribution in [3.63, 3.8) is 0 Å². The van der Waals surface area contributed by atoms with Crippen molar-refractivity contribution >= 4 is 17.4 Å². The van der Waals surface area contributed by atoms with Crippen molar-refractivity contribution in [1.29, 1.82) is 0 Å². The third-order valence-electron chi connectivity index (χ3n) is 6.61.